The van der Waals surface area contributed by atoms with E-state index in [1.807, 2.05) is 0 Å². The van der Waals surface area contributed by atoms with E-state index in [0.717, 1.165) is 6.07 Å². The first-order chi connectivity index (χ1) is 22.4. The van der Waals surface area contributed by atoms with E-state index in [2.05, 4.69) is 0 Å². The number of benzene rings is 4. The summed E-state index contributed by atoms with van der Waals surface area (Å²) < 4.78 is 59.5. The maximum atomic E-state index is 16.0. The highest BCUT2D eigenvalue weighted by Crippen LogP contribution is 2.49. The number of hydrogen-bond acceptors (Lipinski definition) is 6. The van der Waals surface area contributed by atoms with Gasteiger partial charge in [-0.15, -0.1) is 0 Å². The molecule has 0 spiro atoms. The molecule has 8 nitrogen and oxygen atoms in total. The average molecular weight is 689 g/mol. The van der Waals surface area contributed by atoms with Crippen molar-refractivity contribution >= 4 is 46.0 Å². The minimum absolute atomic E-state index is 0.0686. The van der Waals surface area contributed by atoms with E-state index in [9.17, 15) is 29.0 Å². The van der Waals surface area contributed by atoms with Crippen molar-refractivity contribution in [3.05, 3.63) is 137 Å². The third-order valence-electron chi connectivity index (χ3n) is 8.96. The SMILES string of the molecule is O=[N+]([O-])c1cc(C2CCC(c3ccc(Cl)c([N+](=O)[O-])c3)N2c2cc(F)c(N3CCC(c4cc(F)cc(F)c4)CC3)c(F)c2)ccc1Cl. The van der Waals surface area contributed by atoms with Crippen molar-refractivity contribution in [2.24, 2.45) is 0 Å². The van der Waals surface area contributed by atoms with Crippen molar-refractivity contribution in [2.75, 3.05) is 22.9 Å². The van der Waals surface area contributed by atoms with Crippen LogP contribution in [-0.2, 0) is 0 Å². The van der Waals surface area contributed by atoms with Gasteiger partial charge in [0.1, 0.15) is 27.4 Å². The van der Waals surface area contributed by atoms with Crippen molar-refractivity contribution in [2.45, 2.75) is 43.7 Å². The summed E-state index contributed by atoms with van der Waals surface area (Å²) in [6, 6.07) is 13.1. The highest BCUT2D eigenvalue weighted by atomic mass is 35.5. The van der Waals surface area contributed by atoms with Gasteiger partial charge in [0.2, 0.25) is 0 Å². The van der Waals surface area contributed by atoms with Crippen molar-refractivity contribution < 1.29 is 27.4 Å². The lowest BCUT2D eigenvalue weighted by atomic mass is 9.89. The molecule has 2 fully saturated rings. The van der Waals surface area contributed by atoms with Crippen LogP contribution >= 0.6 is 23.2 Å². The van der Waals surface area contributed by atoms with Crippen molar-refractivity contribution in [1.82, 2.24) is 0 Å². The summed E-state index contributed by atoms with van der Waals surface area (Å²) in [5.74, 6) is -3.24. The summed E-state index contributed by atoms with van der Waals surface area (Å²) in [5.41, 5.74) is 0.694. The fourth-order valence-electron chi connectivity index (χ4n) is 6.83. The molecule has 47 heavy (non-hydrogen) atoms. The van der Waals surface area contributed by atoms with Crippen LogP contribution in [0.2, 0.25) is 10.0 Å². The summed E-state index contributed by atoms with van der Waals surface area (Å²) in [6.07, 6.45) is 1.65. The van der Waals surface area contributed by atoms with E-state index in [0.29, 0.717) is 42.4 Å². The van der Waals surface area contributed by atoms with E-state index in [1.165, 1.54) is 48.5 Å². The zero-order valence-corrected chi connectivity index (χ0v) is 26.0. The lowest BCUT2D eigenvalue weighted by molar-refractivity contribution is -0.384. The zero-order valence-electron chi connectivity index (χ0n) is 24.5. The molecular weight excluding hydrogens is 663 g/mol. The highest BCUT2D eigenvalue weighted by molar-refractivity contribution is 6.33. The molecule has 244 valence electrons. The van der Waals surface area contributed by atoms with Crippen LogP contribution < -0.4 is 9.80 Å². The van der Waals surface area contributed by atoms with E-state index in [4.69, 9.17) is 23.2 Å². The van der Waals surface area contributed by atoms with E-state index < -0.39 is 45.2 Å². The molecule has 4 aromatic rings. The normalized spacial score (nSPS) is 18.5. The van der Waals surface area contributed by atoms with Gasteiger partial charge in [-0.05, 0) is 84.7 Å². The van der Waals surface area contributed by atoms with Crippen LogP contribution in [0.4, 0.5) is 40.3 Å². The molecule has 0 saturated carbocycles. The molecule has 0 N–H and O–H groups in total. The van der Waals surface area contributed by atoms with Gasteiger partial charge in [-0.3, -0.25) is 20.2 Å². The summed E-state index contributed by atoms with van der Waals surface area (Å²) in [5, 5.41) is 23.2. The molecule has 4 aromatic carbocycles. The highest BCUT2D eigenvalue weighted by Gasteiger charge is 2.38. The predicted octanol–water partition coefficient (Wildman–Crippen LogP) is 9.83. The Kier molecular flexibility index (Phi) is 8.99. The van der Waals surface area contributed by atoms with E-state index >= 15 is 8.78 Å². The Hall–Kier alpha value is -4.42. The Bertz CT molecular complexity index is 1780. The zero-order chi connectivity index (χ0) is 33.6. The lowest BCUT2D eigenvalue weighted by Crippen LogP contribution is -2.34. The minimum Gasteiger partial charge on any atom is -0.367 e. The molecule has 2 heterocycles. The molecule has 6 rings (SSSR count). The number of halogens is 6. The Balaban J connectivity index is 1.35. The average Bonchev–Trinajstić information content (AvgIpc) is 3.46. The second-order valence-electron chi connectivity index (χ2n) is 11.7. The first kappa shape index (κ1) is 32.5. The number of rotatable bonds is 7. The van der Waals surface area contributed by atoms with Gasteiger partial charge >= 0.3 is 0 Å². The number of hydrogen-bond donors (Lipinski definition) is 0. The smallest absolute Gasteiger partial charge is 0.288 e. The molecule has 2 aliphatic heterocycles. The maximum Gasteiger partial charge on any atom is 0.288 e. The molecular formula is C33H26Cl2F4N4O4. The molecule has 2 saturated heterocycles. The van der Waals surface area contributed by atoms with Gasteiger partial charge < -0.3 is 9.80 Å². The Morgan fingerprint density at radius 1 is 0.638 bits per heavy atom. The Morgan fingerprint density at radius 2 is 1.11 bits per heavy atom. The van der Waals surface area contributed by atoms with Crippen LogP contribution in [-0.4, -0.2) is 22.9 Å². The topological polar surface area (TPSA) is 92.8 Å². The van der Waals surface area contributed by atoms with Crippen LogP contribution in [0.25, 0.3) is 0 Å². The first-order valence-electron chi connectivity index (χ1n) is 14.8. The lowest BCUT2D eigenvalue weighted by Gasteiger charge is -2.36. The molecule has 0 amide bonds. The van der Waals surface area contributed by atoms with Gasteiger partial charge in [-0.25, -0.2) is 17.6 Å². The van der Waals surface area contributed by atoms with Gasteiger partial charge in [-0.2, -0.15) is 0 Å². The van der Waals surface area contributed by atoms with Gasteiger partial charge in [0.25, 0.3) is 11.4 Å². The van der Waals surface area contributed by atoms with E-state index in [-0.39, 0.29) is 51.8 Å². The number of piperidine rings is 1. The molecule has 2 aliphatic rings. The second-order valence-corrected chi connectivity index (χ2v) is 12.5. The number of nitro benzene ring substituents is 2. The Labute approximate surface area is 276 Å². The molecule has 14 heteroatoms. The third kappa shape index (κ3) is 6.44. The second kappa shape index (κ2) is 13.0. The van der Waals surface area contributed by atoms with Crippen molar-refractivity contribution in [3.63, 3.8) is 0 Å². The summed E-state index contributed by atoms with van der Waals surface area (Å²) >= 11 is 12.1. The third-order valence-corrected chi connectivity index (χ3v) is 9.59. The fraction of sp³-hybridized carbons (Fsp3) is 0.273. The largest absolute Gasteiger partial charge is 0.367 e. The molecule has 0 aliphatic carbocycles. The summed E-state index contributed by atoms with van der Waals surface area (Å²) in [7, 11) is 0. The van der Waals surface area contributed by atoms with Crippen LogP contribution in [0.1, 0.15) is 60.4 Å². The van der Waals surface area contributed by atoms with Crippen LogP contribution in [0.15, 0.2) is 66.7 Å². The summed E-state index contributed by atoms with van der Waals surface area (Å²) in [4.78, 5) is 25.4. The van der Waals surface area contributed by atoms with Crippen LogP contribution in [0, 0.1) is 43.5 Å². The first-order valence-corrected chi connectivity index (χ1v) is 15.5. The molecule has 0 bridgehead atoms. The minimum atomic E-state index is -0.844. The molecule has 0 aromatic heterocycles. The monoisotopic (exact) mass is 688 g/mol. The fourth-order valence-corrected chi connectivity index (χ4v) is 7.20. The van der Waals surface area contributed by atoms with Gasteiger partial charge in [0.05, 0.1) is 21.9 Å². The van der Waals surface area contributed by atoms with Gasteiger partial charge in [-0.1, -0.05) is 35.3 Å². The van der Waals surface area contributed by atoms with Gasteiger partial charge in [0.15, 0.2) is 11.6 Å². The number of nitro groups is 2. The molecule has 2 atom stereocenters. The number of anilines is 2. The van der Waals surface area contributed by atoms with Gasteiger partial charge in [0, 0.05) is 37.0 Å². The molecule has 0 radical (unpaired) electrons. The predicted molar refractivity (Wildman–Crippen MR) is 170 cm³/mol. The summed E-state index contributed by atoms with van der Waals surface area (Å²) in [6.45, 7) is 0.488. The molecule has 2 unspecified atom stereocenters. The van der Waals surface area contributed by atoms with Crippen molar-refractivity contribution in [3.8, 4) is 0 Å². The quantitative estimate of drug-likeness (QED) is 0.109. The maximum absolute atomic E-state index is 16.0. The van der Waals surface area contributed by atoms with Crippen LogP contribution in [0.5, 0.6) is 0 Å². The van der Waals surface area contributed by atoms with Crippen molar-refractivity contribution in [1.29, 1.82) is 0 Å². The standard InChI is InChI=1S/C33H26Cl2F4N4O4/c34-25-3-1-19(13-31(25)42(44)45)29-5-6-30(20-2-4-26(35)32(14-20)43(46)47)41(29)24-16-27(38)33(28(39)17-24)40-9-7-18(8-10-40)21-11-22(36)15-23(37)12-21/h1-4,11-18,29-30H,5-10H2. The van der Waals surface area contributed by atoms with Crippen LogP contribution in [0.3, 0.4) is 0 Å². The van der Waals surface area contributed by atoms with E-state index in [1.54, 1.807) is 21.9 Å². The number of nitrogens with zero attached hydrogens (tertiary/aromatic N) is 4. The Morgan fingerprint density at radius 3 is 1.55 bits per heavy atom.